The fraction of sp³-hybridized carbons (Fsp3) is 0.167. The van der Waals surface area contributed by atoms with E-state index in [0.717, 1.165) is 0 Å². The smallest absolute Gasteiger partial charge is 0.310 e. The molecule has 6 nitrogen and oxygen atoms in total. The van der Waals surface area contributed by atoms with Crippen LogP contribution in [0.1, 0.15) is 29.5 Å². The first-order chi connectivity index (χ1) is 12.0. The van der Waals surface area contributed by atoms with Gasteiger partial charge in [-0.1, -0.05) is 18.5 Å². The second-order valence-corrected chi connectivity index (χ2v) is 5.69. The third-order valence-corrected chi connectivity index (χ3v) is 3.88. The Kier molecular flexibility index (Phi) is 4.72. The van der Waals surface area contributed by atoms with Crippen LogP contribution >= 0.6 is 11.6 Å². The number of nitrogens with zero attached hydrogens (tertiary/aromatic N) is 1. The van der Waals surface area contributed by atoms with Crippen molar-refractivity contribution in [2.45, 2.75) is 13.3 Å². The summed E-state index contributed by atoms with van der Waals surface area (Å²) in [5.41, 5.74) is 0.945. The van der Waals surface area contributed by atoms with Crippen LogP contribution in [-0.2, 0) is 4.79 Å². The summed E-state index contributed by atoms with van der Waals surface area (Å²) in [4.78, 5) is 31.8. The molecule has 1 aromatic carbocycles. The van der Waals surface area contributed by atoms with Gasteiger partial charge in [0.05, 0.1) is 7.11 Å². The zero-order chi connectivity index (χ0) is 18.0. The number of carbonyl (C=O) groups is 2. The van der Waals surface area contributed by atoms with Gasteiger partial charge >= 0.3 is 5.97 Å². The predicted molar refractivity (Wildman–Crippen MR) is 93.5 cm³/mol. The molecule has 0 aliphatic carbocycles. The van der Waals surface area contributed by atoms with Gasteiger partial charge in [-0.05, 0) is 24.3 Å². The molecule has 0 fully saturated rings. The molecule has 0 aliphatic rings. The number of nitrogens with one attached hydrogen (secondary N) is 1. The predicted octanol–water partition coefficient (Wildman–Crippen LogP) is 3.77. The van der Waals surface area contributed by atoms with Crippen molar-refractivity contribution in [2.75, 3.05) is 7.11 Å². The lowest BCUT2D eigenvalue weighted by Gasteiger charge is -2.06. The van der Waals surface area contributed by atoms with E-state index in [9.17, 15) is 9.59 Å². The fourth-order valence-electron chi connectivity index (χ4n) is 2.38. The summed E-state index contributed by atoms with van der Waals surface area (Å²) < 4.78 is 10.5. The number of carbonyl (C=O) groups excluding carboxylic acids is 2. The van der Waals surface area contributed by atoms with Crippen molar-refractivity contribution in [2.24, 2.45) is 0 Å². The standard InChI is InChI=1S/C18H15ClN2O4/c1-3-15(22)25-18-12-8-10(19)4-5-13(12)21-16(18)17(23)14-9-11(24-2)6-7-20-14/h4-9,21H,3H2,1-2H3. The van der Waals surface area contributed by atoms with Crippen LogP contribution < -0.4 is 9.47 Å². The van der Waals surface area contributed by atoms with Crippen LogP contribution in [-0.4, -0.2) is 28.8 Å². The molecular formula is C18H15ClN2O4. The Morgan fingerprint density at radius 1 is 1.24 bits per heavy atom. The molecule has 0 bridgehead atoms. The number of ketones is 1. The van der Waals surface area contributed by atoms with Crippen molar-refractivity contribution in [1.82, 2.24) is 9.97 Å². The minimum atomic E-state index is -0.450. The first-order valence-electron chi connectivity index (χ1n) is 7.60. The molecule has 2 aromatic heterocycles. The third kappa shape index (κ3) is 3.34. The molecule has 0 unspecified atom stereocenters. The Labute approximate surface area is 148 Å². The lowest BCUT2D eigenvalue weighted by atomic mass is 10.1. The van der Waals surface area contributed by atoms with Crippen LogP contribution in [0, 0.1) is 0 Å². The number of fused-ring (bicyclic) bond motifs is 1. The maximum atomic E-state index is 12.9. The van der Waals surface area contributed by atoms with Crippen LogP contribution in [0.5, 0.6) is 11.5 Å². The molecular weight excluding hydrogens is 344 g/mol. The number of hydrogen-bond acceptors (Lipinski definition) is 5. The molecule has 7 heteroatoms. The Hall–Kier alpha value is -2.86. The average Bonchev–Trinajstić information content (AvgIpc) is 2.98. The highest BCUT2D eigenvalue weighted by Gasteiger charge is 2.23. The van der Waals surface area contributed by atoms with Crippen LogP contribution in [0.3, 0.4) is 0 Å². The number of halogens is 1. The number of ether oxygens (including phenoxy) is 2. The second-order valence-electron chi connectivity index (χ2n) is 5.26. The molecule has 0 amide bonds. The number of rotatable bonds is 5. The average molecular weight is 359 g/mol. The molecule has 0 aliphatic heterocycles. The highest BCUT2D eigenvalue weighted by molar-refractivity contribution is 6.31. The van der Waals surface area contributed by atoms with E-state index in [-0.39, 0.29) is 23.6 Å². The highest BCUT2D eigenvalue weighted by atomic mass is 35.5. The van der Waals surface area contributed by atoms with Gasteiger partial charge in [-0.2, -0.15) is 0 Å². The molecule has 0 atom stereocenters. The van der Waals surface area contributed by atoms with E-state index in [0.29, 0.717) is 21.7 Å². The lowest BCUT2D eigenvalue weighted by Crippen LogP contribution is -2.11. The molecule has 0 spiro atoms. The maximum Gasteiger partial charge on any atom is 0.310 e. The zero-order valence-corrected chi connectivity index (χ0v) is 14.4. The van der Waals surface area contributed by atoms with E-state index in [1.165, 1.54) is 19.4 Å². The third-order valence-electron chi connectivity index (χ3n) is 3.64. The van der Waals surface area contributed by atoms with Gasteiger partial charge in [-0.25, -0.2) is 0 Å². The Bertz CT molecular complexity index is 965. The number of H-pyrrole nitrogens is 1. The van der Waals surface area contributed by atoms with Gasteiger partial charge in [-0.3, -0.25) is 14.6 Å². The molecule has 3 aromatic rings. The first kappa shape index (κ1) is 17.0. The summed E-state index contributed by atoms with van der Waals surface area (Å²) in [5.74, 6) is -0.206. The van der Waals surface area contributed by atoms with Crippen molar-refractivity contribution in [3.63, 3.8) is 0 Å². The largest absolute Gasteiger partial charge is 0.497 e. The molecule has 0 radical (unpaired) electrons. The summed E-state index contributed by atoms with van der Waals surface area (Å²) in [5, 5.41) is 1.03. The van der Waals surface area contributed by atoms with Gasteiger partial charge < -0.3 is 14.5 Å². The van der Waals surface area contributed by atoms with Crippen molar-refractivity contribution >= 4 is 34.3 Å². The van der Waals surface area contributed by atoms with Gasteiger partial charge in [0.15, 0.2) is 5.75 Å². The van der Waals surface area contributed by atoms with E-state index in [2.05, 4.69) is 9.97 Å². The van der Waals surface area contributed by atoms with E-state index < -0.39 is 11.8 Å². The summed E-state index contributed by atoms with van der Waals surface area (Å²) in [7, 11) is 1.50. The Morgan fingerprint density at radius 3 is 2.76 bits per heavy atom. The number of pyridine rings is 1. The fourth-order valence-corrected chi connectivity index (χ4v) is 2.55. The van der Waals surface area contributed by atoms with Crippen LogP contribution in [0.2, 0.25) is 5.02 Å². The number of aromatic nitrogens is 2. The van der Waals surface area contributed by atoms with Gasteiger partial charge in [0.2, 0.25) is 5.78 Å². The van der Waals surface area contributed by atoms with Gasteiger partial charge in [-0.15, -0.1) is 0 Å². The molecule has 0 saturated carbocycles. The monoisotopic (exact) mass is 358 g/mol. The van der Waals surface area contributed by atoms with Crippen molar-refractivity contribution in [3.05, 3.63) is 52.9 Å². The van der Waals surface area contributed by atoms with Crippen molar-refractivity contribution < 1.29 is 19.1 Å². The van der Waals surface area contributed by atoms with E-state index in [1.807, 2.05) is 0 Å². The van der Waals surface area contributed by atoms with E-state index >= 15 is 0 Å². The number of aromatic amines is 1. The topological polar surface area (TPSA) is 81.3 Å². The van der Waals surface area contributed by atoms with Crippen molar-refractivity contribution in [3.8, 4) is 11.5 Å². The molecule has 1 N–H and O–H groups in total. The van der Waals surface area contributed by atoms with Gasteiger partial charge in [0.1, 0.15) is 17.1 Å². The number of hydrogen-bond donors (Lipinski definition) is 1. The Morgan fingerprint density at radius 2 is 2.04 bits per heavy atom. The second kappa shape index (κ2) is 6.94. The van der Waals surface area contributed by atoms with Gasteiger partial charge in [0.25, 0.3) is 0 Å². The summed E-state index contributed by atoms with van der Waals surface area (Å²) in [6.07, 6.45) is 1.65. The van der Waals surface area contributed by atoms with Crippen LogP contribution in [0.25, 0.3) is 10.9 Å². The first-order valence-corrected chi connectivity index (χ1v) is 7.98. The summed E-state index contributed by atoms with van der Waals surface area (Å²) >= 11 is 6.04. The van der Waals surface area contributed by atoms with Crippen molar-refractivity contribution in [1.29, 1.82) is 0 Å². The molecule has 128 valence electrons. The SMILES string of the molecule is CCC(=O)Oc1c(C(=O)c2cc(OC)ccn2)[nH]c2ccc(Cl)cc12. The number of esters is 1. The number of methoxy groups -OCH3 is 1. The molecule has 0 saturated heterocycles. The highest BCUT2D eigenvalue weighted by Crippen LogP contribution is 2.34. The maximum absolute atomic E-state index is 12.9. The molecule has 3 rings (SSSR count). The molecule has 25 heavy (non-hydrogen) atoms. The Balaban J connectivity index is 2.14. The molecule has 2 heterocycles. The summed E-state index contributed by atoms with van der Waals surface area (Å²) in [6.45, 7) is 1.68. The minimum absolute atomic E-state index is 0.139. The minimum Gasteiger partial charge on any atom is -0.497 e. The van der Waals surface area contributed by atoms with Crippen LogP contribution in [0.15, 0.2) is 36.5 Å². The van der Waals surface area contributed by atoms with Gasteiger partial charge in [0, 0.05) is 34.6 Å². The van der Waals surface area contributed by atoms with Crippen LogP contribution in [0.4, 0.5) is 0 Å². The quantitative estimate of drug-likeness (QED) is 0.554. The lowest BCUT2D eigenvalue weighted by molar-refractivity contribution is -0.133. The zero-order valence-electron chi connectivity index (χ0n) is 13.6. The normalized spacial score (nSPS) is 10.7. The van der Waals surface area contributed by atoms with E-state index in [1.54, 1.807) is 31.2 Å². The number of benzene rings is 1. The van der Waals surface area contributed by atoms with E-state index in [4.69, 9.17) is 21.1 Å². The summed E-state index contributed by atoms with van der Waals surface area (Å²) in [6, 6.07) is 8.20.